The molecule has 1 saturated heterocycles. The summed E-state index contributed by atoms with van der Waals surface area (Å²) in [6.45, 7) is 4.20. The predicted molar refractivity (Wildman–Crippen MR) is 104 cm³/mol. The van der Waals surface area contributed by atoms with E-state index in [2.05, 4.69) is 20.1 Å². The highest BCUT2D eigenvalue weighted by molar-refractivity contribution is 5.79. The molecule has 0 radical (unpaired) electrons. The number of nitrogens with zero attached hydrogens (tertiary/aromatic N) is 4. The minimum absolute atomic E-state index is 0.151. The van der Waals surface area contributed by atoms with Crippen LogP contribution >= 0.6 is 0 Å². The third-order valence-electron chi connectivity index (χ3n) is 5.67. The molecule has 1 N–H and O–H groups in total. The van der Waals surface area contributed by atoms with Gasteiger partial charge in [-0.2, -0.15) is 0 Å². The van der Waals surface area contributed by atoms with Crippen LogP contribution in [0.3, 0.4) is 0 Å². The van der Waals surface area contributed by atoms with E-state index in [1.54, 1.807) is 14.2 Å². The lowest BCUT2D eigenvalue weighted by atomic mass is 9.95. The van der Waals surface area contributed by atoms with Crippen molar-refractivity contribution in [1.29, 1.82) is 0 Å². The Hall–Kier alpha value is -2.61. The van der Waals surface area contributed by atoms with Crippen molar-refractivity contribution in [2.24, 2.45) is 0 Å². The largest absolute Gasteiger partial charge is 0.493 e. The normalized spacial score (nSPS) is 17.3. The maximum absolute atomic E-state index is 12.8. The fourth-order valence-corrected chi connectivity index (χ4v) is 4.08. The third kappa shape index (κ3) is 3.69. The fraction of sp³-hybridized carbons (Fsp3) is 0.550. The zero-order chi connectivity index (χ0) is 19.5. The minimum atomic E-state index is 0.151. The molecule has 28 heavy (non-hydrogen) atoms. The molecule has 8 heteroatoms. The van der Waals surface area contributed by atoms with Crippen LogP contribution < -0.4 is 14.8 Å². The molecule has 0 spiro atoms. The second-order valence-corrected chi connectivity index (χ2v) is 7.32. The van der Waals surface area contributed by atoms with Gasteiger partial charge in [-0.15, -0.1) is 10.2 Å². The molecule has 0 unspecified atom stereocenters. The molecular weight excluding hydrogens is 358 g/mol. The number of likely N-dealkylation sites (tertiary alicyclic amines) is 1. The first-order chi connectivity index (χ1) is 13.7. The van der Waals surface area contributed by atoms with Crippen LogP contribution in [-0.2, 0) is 24.3 Å². The van der Waals surface area contributed by atoms with Crippen molar-refractivity contribution in [3.63, 3.8) is 0 Å². The lowest BCUT2D eigenvalue weighted by molar-refractivity contribution is -0.131. The Morgan fingerprint density at radius 1 is 1.14 bits per heavy atom. The Kier molecular flexibility index (Phi) is 5.47. The topological polar surface area (TPSA) is 81.5 Å². The molecule has 8 nitrogen and oxygen atoms in total. The van der Waals surface area contributed by atoms with Crippen molar-refractivity contribution >= 4 is 5.91 Å². The summed E-state index contributed by atoms with van der Waals surface area (Å²) >= 11 is 0. The fourth-order valence-electron chi connectivity index (χ4n) is 4.08. The Morgan fingerprint density at radius 2 is 1.93 bits per heavy atom. The number of ether oxygens (including phenoxy) is 2. The van der Waals surface area contributed by atoms with E-state index < -0.39 is 0 Å². The standard InChI is InChI=1S/C20H27N5O3/c1-27-16-4-3-14(11-17(16)28-2)12-19(26)24-8-5-15(6-9-24)20-23-22-18-13-21-7-10-25(18)20/h3-4,11,15,21H,5-10,12-13H2,1-2H3. The first-order valence-corrected chi connectivity index (χ1v) is 9.81. The van der Waals surface area contributed by atoms with Gasteiger partial charge in [0.05, 0.1) is 27.2 Å². The second kappa shape index (κ2) is 8.18. The van der Waals surface area contributed by atoms with Crippen LogP contribution in [0.5, 0.6) is 11.5 Å². The van der Waals surface area contributed by atoms with Crippen LogP contribution in [0.4, 0.5) is 0 Å². The zero-order valence-electron chi connectivity index (χ0n) is 16.5. The van der Waals surface area contributed by atoms with Gasteiger partial charge in [-0.3, -0.25) is 4.79 Å². The number of methoxy groups -OCH3 is 2. The summed E-state index contributed by atoms with van der Waals surface area (Å²) in [5, 5.41) is 12.1. The van der Waals surface area contributed by atoms with Crippen LogP contribution in [0.1, 0.15) is 36.0 Å². The van der Waals surface area contributed by atoms with Crippen molar-refractivity contribution in [2.75, 3.05) is 33.9 Å². The van der Waals surface area contributed by atoms with Crippen molar-refractivity contribution in [3.8, 4) is 11.5 Å². The number of carbonyl (C=O) groups excluding carboxylic acids is 1. The van der Waals surface area contributed by atoms with E-state index in [-0.39, 0.29) is 5.91 Å². The second-order valence-electron chi connectivity index (χ2n) is 7.32. The lowest BCUT2D eigenvalue weighted by Crippen LogP contribution is -2.39. The number of rotatable bonds is 5. The summed E-state index contributed by atoms with van der Waals surface area (Å²) in [4.78, 5) is 14.7. The molecule has 2 aliphatic rings. The van der Waals surface area contributed by atoms with Gasteiger partial charge in [0.1, 0.15) is 11.6 Å². The Morgan fingerprint density at radius 3 is 2.68 bits per heavy atom. The average Bonchev–Trinajstić information content (AvgIpc) is 3.18. The molecule has 3 heterocycles. The molecule has 1 aromatic heterocycles. The summed E-state index contributed by atoms with van der Waals surface area (Å²) < 4.78 is 12.8. The van der Waals surface area contributed by atoms with Gasteiger partial charge in [0, 0.05) is 32.1 Å². The van der Waals surface area contributed by atoms with E-state index in [4.69, 9.17) is 9.47 Å². The summed E-state index contributed by atoms with van der Waals surface area (Å²) in [7, 11) is 3.21. The molecule has 0 aliphatic carbocycles. The monoisotopic (exact) mass is 385 g/mol. The van der Waals surface area contributed by atoms with Gasteiger partial charge < -0.3 is 24.3 Å². The van der Waals surface area contributed by atoms with Gasteiger partial charge in [-0.1, -0.05) is 6.07 Å². The molecule has 0 saturated carbocycles. The maximum atomic E-state index is 12.8. The predicted octanol–water partition coefficient (Wildman–Crippen LogP) is 1.35. The smallest absolute Gasteiger partial charge is 0.226 e. The quantitative estimate of drug-likeness (QED) is 0.837. The zero-order valence-corrected chi connectivity index (χ0v) is 16.5. The van der Waals surface area contributed by atoms with Crippen LogP contribution in [0.2, 0.25) is 0 Å². The highest BCUT2D eigenvalue weighted by Crippen LogP contribution is 2.30. The molecule has 1 amide bonds. The highest BCUT2D eigenvalue weighted by Gasteiger charge is 2.28. The molecular formula is C20H27N5O3. The lowest BCUT2D eigenvalue weighted by Gasteiger charge is -2.32. The minimum Gasteiger partial charge on any atom is -0.493 e. The Labute approximate surface area is 164 Å². The third-order valence-corrected chi connectivity index (χ3v) is 5.67. The molecule has 150 valence electrons. The molecule has 0 atom stereocenters. The SMILES string of the molecule is COc1ccc(CC(=O)N2CCC(c3nnc4n3CCNC4)CC2)cc1OC. The molecule has 1 aromatic carbocycles. The summed E-state index contributed by atoms with van der Waals surface area (Å²) in [5.41, 5.74) is 0.934. The molecule has 4 rings (SSSR count). The van der Waals surface area contributed by atoms with Gasteiger partial charge in [-0.05, 0) is 30.5 Å². The molecule has 2 aromatic rings. The number of carbonyl (C=O) groups is 1. The van der Waals surface area contributed by atoms with Crippen molar-refractivity contribution in [3.05, 3.63) is 35.4 Å². The van der Waals surface area contributed by atoms with Gasteiger partial charge in [0.2, 0.25) is 5.91 Å². The van der Waals surface area contributed by atoms with Crippen LogP contribution in [0, 0.1) is 0 Å². The van der Waals surface area contributed by atoms with Crippen molar-refractivity contribution in [1.82, 2.24) is 25.0 Å². The van der Waals surface area contributed by atoms with Crippen molar-refractivity contribution in [2.45, 2.75) is 38.3 Å². The molecule has 0 bridgehead atoms. The van der Waals surface area contributed by atoms with E-state index in [0.717, 1.165) is 62.8 Å². The number of benzene rings is 1. The van der Waals surface area contributed by atoms with Gasteiger partial charge in [0.15, 0.2) is 11.5 Å². The van der Waals surface area contributed by atoms with Crippen LogP contribution in [0.15, 0.2) is 18.2 Å². The van der Waals surface area contributed by atoms with Crippen molar-refractivity contribution < 1.29 is 14.3 Å². The Bertz CT molecular complexity index is 842. The van der Waals surface area contributed by atoms with Gasteiger partial charge >= 0.3 is 0 Å². The average molecular weight is 385 g/mol. The number of amides is 1. The first kappa shape index (κ1) is 18.7. The first-order valence-electron chi connectivity index (χ1n) is 9.81. The number of aromatic nitrogens is 3. The van der Waals surface area contributed by atoms with E-state index in [0.29, 0.717) is 23.8 Å². The maximum Gasteiger partial charge on any atom is 0.226 e. The molecule has 2 aliphatic heterocycles. The number of hydrogen-bond donors (Lipinski definition) is 1. The summed E-state index contributed by atoms with van der Waals surface area (Å²) in [6, 6.07) is 5.64. The number of hydrogen-bond acceptors (Lipinski definition) is 6. The number of nitrogens with one attached hydrogen (secondary N) is 1. The van der Waals surface area contributed by atoms with Gasteiger partial charge in [-0.25, -0.2) is 0 Å². The van der Waals surface area contributed by atoms with Gasteiger partial charge in [0.25, 0.3) is 0 Å². The highest BCUT2D eigenvalue weighted by atomic mass is 16.5. The van der Waals surface area contributed by atoms with Crippen LogP contribution in [0.25, 0.3) is 0 Å². The number of piperidine rings is 1. The van der Waals surface area contributed by atoms with E-state index in [9.17, 15) is 4.79 Å². The van der Waals surface area contributed by atoms with E-state index in [1.807, 2.05) is 23.1 Å². The number of fused-ring (bicyclic) bond motifs is 1. The summed E-state index contributed by atoms with van der Waals surface area (Å²) in [6.07, 6.45) is 2.24. The van der Waals surface area contributed by atoms with E-state index in [1.165, 1.54) is 0 Å². The van der Waals surface area contributed by atoms with Crippen LogP contribution in [-0.4, -0.2) is 59.4 Å². The Balaban J connectivity index is 1.36. The van der Waals surface area contributed by atoms with E-state index >= 15 is 0 Å². The summed E-state index contributed by atoms with van der Waals surface area (Å²) in [5.74, 6) is 3.96. The molecule has 1 fully saturated rings.